The number of halogens is 1. The van der Waals surface area contributed by atoms with Gasteiger partial charge in [-0.05, 0) is 38.0 Å². The summed E-state index contributed by atoms with van der Waals surface area (Å²) in [6, 6.07) is 8.20. The molecule has 0 spiro atoms. The minimum Gasteiger partial charge on any atom is -0.372 e. The Balaban J connectivity index is 2.47. The largest absolute Gasteiger partial charge is 0.372 e. The van der Waals surface area contributed by atoms with E-state index in [1.807, 2.05) is 31.2 Å². The lowest BCUT2D eigenvalue weighted by Crippen LogP contribution is -2.40. The van der Waals surface area contributed by atoms with Gasteiger partial charge in [-0.3, -0.25) is 4.79 Å². The van der Waals surface area contributed by atoms with Gasteiger partial charge in [-0.15, -0.1) is 0 Å². The number of nitrogens with one attached hydrogen (secondary N) is 1. The summed E-state index contributed by atoms with van der Waals surface area (Å²) in [5, 5.41) is 2.92. The highest BCUT2D eigenvalue weighted by atomic mass is 79.9. The maximum Gasteiger partial charge on any atom is 0.249 e. The molecule has 1 rings (SSSR count). The molecule has 0 saturated heterocycles. The van der Waals surface area contributed by atoms with E-state index >= 15 is 0 Å². The molecular weight excluding hydrogens is 282 g/mol. The Kier molecular flexibility index (Phi) is 5.65. The van der Waals surface area contributed by atoms with E-state index in [0.717, 1.165) is 10.9 Å². The molecule has 17 heavy (non-hydrogen) atoms. The van der Waals surface area contributed by atoms with Crippen LogP contribution in [0.25, 0.3) is 0 Å². The van der Waals surface area contributed by atoms with Crippen LogP contribution in [-0.4, -0.2) is 25.2 Å². The molecule has 1 amide bonds. The summed E-state index contributed by atoms with van der Waals surface area (Å²) in [4.78, 5) is 11.6. The van der Waals surface area contributed by atoms with Crippen LogP contribution in [-0.2, 0) is 16.0 Å². The molecule has 0 aliphatic carbocycles. The summed E-state index contributed by atoms with van der Waals surface area (Å²) in [7, 11) is 1.53. The zero-order valence-corrected chi connectivity index (χ0v) is 12.0. The number of carbonyl (C=O) groups is 1. The maximum absolute atomic E-state index is 11.6. The second-order valence-corrected chi connectivity index (χ2v) is 5.03. The minimum absolute atomic E-state index is 0.0721. The third-order valence-corrected chi connectivity index (χ3v) is 3.10. The Morgan fingerprint density at radius 3 is 2.47 bits per heavy atom. The monoisotopic (exact) mass is 299 g/mol. The van der Waals surface area contributed by atoms with Gasteiger partial charge < -0.3 is 10.1 Å². The van der Waals surface area contributed by atoms with Gasteiger partial charge in [0.2, 0.25) is 5.91 Å². The van der Waals surface area contributed by atoms with Crippen LogP contribution < -0.4 is 5.32 Å². The quantitative estimate of drug-likeness (QED) is 0.907. The van der Waals surface area contributed by atoms with Crippen LogP contribution in [0.15, 0.2) is 28.7 Å². The normalized spacial score (nSPS) is 14.1. The van der Waals surface area contributed by atoms with Crippen molar-refractivity contribution in [2.45, 2.75) is 32.4 Å². The van der Waals surface area contributed by atoms with E-state index in [0.29, 0.717) is 0 Å². The second-order valence-electron chi connectivity index (χ2n) is 4.12. The number of hydrogen-bond acceptors (Lipinski definition) is 2. The third kappa shape index (κ3) is 4.88. The second kappa shape index (κ2) is 6.77. The van der Waals surface area contributed by atoms with Gasteiger partial charge in [-0.2, -0.15) is 0 Å². The van der Waals surface area contributed by atoms with E-state index in [4.69, 9.17) is 4.74 Å². The van der Waals surface area contributed by atoms with E-state index in [1.165, 1.54) is 12.7 Å². The van der Waals surface area contributed by atoms with Crippen LogP contribution in [0.3, 0.4) is 0 Å². The molecule has 0 bridgehead atoms. The van der Waals surface area contributed by atoms with Crippen molar-refractivity contribution >= 4 is 21.8 Å². The van der Waals surface area contributed by atoms with E-state index in [9.17, 15) is 4.79 Å². The molecule has 0 aliphatic rings. The van der Waals surface area contributed by atoms with E-state index in [1.54, 1.807) is 6.92 Å². The van der Waals surface area contributed by atoms with Crippen molar-refractivity contribution in [3.05, 3.63) is 34.3 Å². The van der Waals surface area contributed by atoms with Crippen molar-refractivity contribution < 1.29 is 9.53 Å². The van der Waals surface area contributed by atoms with E-state index in [-0.39, 0.29) is 11.9 Å². The molecule has 0 saturated carbocycles. The molecule has 1 N–H and O–H groups in total. The van der Waals surface area contributed by atoms with Gasteiger partial charge in [0, 0.05) is 17.6 Å². The predicted molar refractivity (Wildman–Crippen MR) is 71.9 cm³/mol. The van der Waals surface area contributed by atoms with Crippen molar-refractivity contribution in [3.8, 4) is 0 Å². The summed E-state index contributed by atoms with van der Waals surface area (Å²) >= 11 is 3.39. The lowest BCUT2D eigenvalue weighted by molar-refractivity contribution is -0.130. The zero-order valence-electron chi connectivity index (χ0n) is 10.4. The Morgan fingerprint density at radius 1 is 1.35 bits per heavy atom. The van der Waals surface area contributed by atoms with Gasteiger partial charge in [0.25, 0.3) is 0 Å². The molecule has 0 heterocycles. The van der Waals surface area contributed by atoms with Gasteiger partial charge in [-0.1, -0.05) is 28.1 Å². The molecule has 1 aromatic carbocycles. The Morgan fingerprint density at radius 2 is 1.94 bits per heavy atom. The molecule has 0 fully saturated rings. The molecule has 3 nitrogen and oxygen atoms in total. The average Bonchev–Trinajstić information content (AvgIpc) is 2.30. The fourth-order valence-corrected chi connectivity index (χ4v) is 1.76. The number of amides is 1. The first-order valence-electron chi connectivity index (χ1n) is 5.60. The van der Waals surface area contributed by atoms with Crippen LogP contribution in [0.2, 0.25) is 0 Å². The Bertz CT molecular complexity index is 364. The number of ether oxygens (including phenoxy) is 1. The van der Waals surface area contributed by atoms with Crippen LogP contribution in [0.5, 0.6) is 0 Å². The van der Waals surface area contributed by atoms with Crippen LogP contribution in [0.4, 0.5) is 0 Å². The summed E-state index contributed by atoms with van der Waals surface area (Å²) < 4.78 is 6.02. The maximum atomic E-state index is 11.6. The number of carbonyl (C=O) groups excluding carboxylic acids is 1. The fraction of sp³-hybridized carbons (Fsp3) is 0.462. The molecule has 2 atom stereocenters. The molecule has 0 aliphatic heterocycles. The molecule has 1 aromatic rings. The third-order valence-electron chi connectivity index (χ3n) is 2.57. The summed E-state index contributed by atoms with van der Waals surface area (Å²) in [6.45, 7) is 3.73. The average molecular weight is 300 g/mol. The van der Waals surface area contributed by atoms with Crippen molar-refractivity contribution in [1.82, 2.24) is 5.32 Å². The lowest BCUT2D eigenvalue weighted by atomic mass is 10.1. The molecule has 0 radical (unpaired) electrons. The molecule has 0 aromatic heterocycles. The molecular formula is C13H18BrNO2. The van der Waals surface area contributed by atoms with Crippen molar-refractivity contribution in [3.63, 3.8) is 0 Å². The molecule has 4 heteroatoms. The SMILES string of the molecule is COC(C)C(=O)NC(C)Cc1ccc(Br)cc1. The topological polar surface area (TPSA) is 38.3 Å². The first-order valence-corrected chi connectivity index (χ1v) is 6.40. The molecule has 94 valence electrons. The van der Waals surface area contributed by atoms with Crippen LogP contribution >= 0.6 is 15.9 Å². The van der Waals surface area contributed by atoms with Gasteiger partial charge in [0.1, 0.15) is 6.10 Å². The summed E-state index contributed by atoms with van der Waals surface area (Å²) in [6.07, 6.45) is 0.414. The van der Waals surface area contributed by atoms with Gasteiger partial charge >= 0.3 is 0 Å². The summed E-state index contributed by atoms with van der Waals surface area (Å²) in [5.74, 6) is -0.0721. The van der Waals surface area contributed by atoms with Crippen molar-refractivity contribution in [1.29, 1.82) is 0 Å². The first kappa shape index (κ1) is 14.2. The summed E-state index contributed by atoms with van der Waals surface area (Å²) in [5.41, 5.74) is 1.20. The first-order chi connectivity index (χ1) is 8.02. The van der Waals surface area contributed by atoms with Gasteiger partial charge in [0.05, 0.1) is 0 Å². The van der Waals surface area contributed by atoms with Gasteiger partial charge in [-0.25, -0.2) is 0 Å². The Hall–Kier alpha value is -0.870. The lowest BCUT2D eigenvalue weighted by Gasteiger charge is -2.16. The number of rotatable bonds is 5. The zero-order chi connectivity index (χ0) is 12.8. The predicted octanol–water partition coefficient (Wildman–Crippen LogP) is 2.53. The molecule has 2 unspecified atom stereocenters. The van der Waals surface area contributed by atoms with E-state index < -0.39 is 6.10 Å². The van der Waals surface area contributed by atoms with Crippen molar-refractivity contribution in [2.24, 2.45) is 0 Å². The fourth-order valence-electron chi connectivity index (χ4n) is 1.49. The number of methoxy groups -OCH3 is 1. The highest BCUT2D eigenvalue weighted by Crippen LogP contribution is 2.11. The highest BCUT2D eigenvalue weighted by Gasteiger charge is 2.14. The Labute approximate surface area is 111 Å². The van der Waals surface area contributed by atoms with Crippen LogP contribution in [0, 0.1) is 0 Å². The van der Waals surface area contributed by atoms with E-state index in [2.05, 4.69) is 21.2 Å². The number of benzene rings is 1. The van der Waals surface area contributed by atoms with Crippen LogP contribution in [0.1, 0.15) is 19.4 Å². The number of hydrogen-bond donors (Lipinski definition) is 1. The van der Waals surface area contributed by atoms with Crippen molar-refractivity contribution in [2.75, 3.05) is 7.11 Å². The minimum atomic E-state index is -0.401. The standard InChI is InChI=1S/C13H18BrNO2/c1-9(15-13(16)10(2)17-3)8-11-4-6-12(14)7-5-11/h4-7,9-10H,8H2,1-3H3,(H,15,16). The smallest absolute Gasteiger partial charge is 0.249 e. The highest BCUT2D eigenvalue weighted by molar-refractivity contribution is 9.10. The van der Waals surface area contributed by atoms with Gasteiger partial charge in [0.15, 0.2) is 0 Å².